The minimum Gasteiger partial charge on any atom is -0.390 e. The zero-order valence-electron chi connectivity index (χ0n) is 9.98. The minimum absolute atomic E-state index is 0.118. The molecule has 86 valence electrons. The van der Waals surface area contributed by atoms with Crippen LogP contribution < -0.4 is 0 Å². The average Bonchev–Trinajstić information content (AvgIpc) is 2.64. The van der Waals surface area contributed by atoms with Crippen LogP contribution in [0.1, 0.15) is 26.0 Å². The van der Waals surface area contributed by atoms with Gasteiger partial charge in [0.1, 0.15) is 0 Å². The highest BCUT2D eigenvalue weighted by Crippen LogP contribution is 2.21. The van der Waals surface area contributed by atoms with Crippen LogP contribution in [0.4, 0.5) is 0 Å². The van der Waals surface area contributed by atoms with Crippen molar-refractivity contribution in [3.05, 3.63) is 36.0 Å². The fourth-order valence-electron chi connectivity index (χ4n) is 2.05. The second-order valence-electron chi connectivity index (χ2n) is 4.69. The standard InChI is InChI=1S/C14H19NO/c1-11(2)7-8-15-13(10-16)9-12-5-3-4-6-14(12)15/h3-6,9,11,16H,7-8,10H2,1-2H3. The number of nitrogens with zero attached hydrogens (tertiary/aromatic N) is 1. The highest BCUT2D eigenvalue weighted by molar-refractivity contribution is 5.81. The Morgan fingerprint density at radius 1 is 1.25 bits per heavy atom. The van der Waals surface area contributed by atoms with E-state index in [-0.39, 0.29) is 6.61 Å². The SMILES string of the molecule is CC(C)CCn1c(CO)cc2ccccc21. The van der Waals surface area contributed by atoms with E-state index >= 15 is 0 Å². The molecule has 0 amide bonds. The van der Waals surface area contributed by atoms with E-state index in [1.54, 1.807) is 0 Å². The van der Waals surface area contributed by atoms with Crippen molar-refractivity contribution >= 4 is 10.9 Å². The number of rotatable bonds is 4. The Labute approximate surface area is 96.5 Å². The van der Waals surface area contributed by atoms with Crippen molar-refractivity contribution in [3.8, 4) is 0 Å². The first-order chi connectivity index (χ1) is 7.72. The van der Waals surface area contributed by atoms with Crippen LogP contribution in [0.25, 0.3) is 10.9 Å². The van der Waals surface area contributed by atoms with Gasteiger partial charge in [0.05, 0.1) is 6.61 Å². The van der Waals surface area contributed by atoms with Crippen LogP contribution in [-0.2, 0) is 13.2 Å². The molecule has 0 fully saturated rings. The van der Waals surface area contributed by atoms with Gasteiger partial charge >= 0.3 is 0 Å². The molecular formula is C14H19NO. The number of benzene rings is 1. The molecule has 1 aromatic carbocycles. The largest absolute Gasteiger partial charge is 0.390 e. The topological polar surface area (TPSA) is 25.2 Å². The molecular weight excluding hydrogens is 198 g/mol. The molecule has 0 aliphatic rings. The number of fused-ring (bicyclic) bond motifs is 1. The number of para-hydroxylation sites is 1. The summed E-state index contributed by atoms with van der Waals surface area (Å²) in [7, 11) is 0. The third-order valence-corrected chi connectivity index (χ3v) is 2.99. The lowest BCUT2D eigenvalue weighted by Crippen LogP contribution is -2.05. The normalized spacial score (nSPS) is 11.5. The molecule has 0 unspecified atom stereocenters. The summed E-state index contributed by atoms with van der Waals surface area (Å²) >= 11 is 0. The molecule has 0 saturated carbocycles. The number of hydrogen-bond donors (Lipinski definition) is 1. The van der Waals surface area contributed by atoms with Crippen molar-refractivity contribution in [1.82, 2.24) is 4.57 Å². The highest BCUT2D eigenvalue weighted by atomic mass is 16.3. The van der Waals surface area contributed by atoms with Gasteiger partial charge in [-0.05, 0) is 29.9 Å². The van der Waals surface area contributed by atoms with Crippen LogP contribution in [0, 0.1) is 5.92 Å². The number of aromatic nitrogens is 1. The molecule has 0 radical (unpaired) electrons. The first-order valence-electron chi connectivity index (χ1n) is 5.90. The van der Waals surface area contributed by atoms with Crippen molar-refractivity contribution in [2.75, 3.05) is 0 Å². The lowest BCUT2D eigenvalue weighted by atomic mass is 10.1. The Hall–Kier alpha value is -1.28. The summed E-state index contributed by atoms with van der Waals surface area (Å²) in [6.07, 6.45) is 1.14. The first kappa shape index (κ1) is 11.2. The fraction of sp³-hybridized carbons (Fsp3) is 0.429. The van der Waals surface area contributed by atoms with Crippen molar-refractivity contribution in [3.63, 3.8) is 0 Å². The zero-order valence-corrected chi connectivity index (χ0v) is 9.98. The van der Waals surface area contributed by atoms with E-state index in [1.165, 1.54) is 10.9 Å². The summed E-state index contributed by atoms with van der Waals surface area (Å²) in [4.78, 5) is 0. The van der Waals surface area contributed by atoms with Crippen molar-refractivity contribution < 1.29 is 5.11 Å². The molecule has 0 aliphatic heterocycles. The van der Waals surface area contributed by atoms with Gasteiger partial charge in [0.15, 0.2) is 0 Å². The molecule has 0 aliphatic carbocycles. The maximum absolute atomic E-state index is 9.36. The smallest absolute Gasteiger partial charge is 0.0833 e. The maximum Gasteiger partial charge on any atom is 0.0833 e. The summed E-state index contributed by atoms with van der Waals surface area (Å²) in [6.45, 7) is 5.56. The van der Waals surface area contributed by atoms with Gasteiger partial charge in [0, 0.05) is 17.8 Å². The van der Waals surface area contributed by atoms with E-state index < -0.39 is 0 Å². The summed E-state index contributed by atoms with van der Waals surface area (Å²) in [5.41, 5.74) is 2.24. The van der Waals surface area contributed by atoms with Gasteiger partial charge in [0.25, 0.3) is 0 Å². The van der Waals surface area contributed by atoms with Crippen LogP contribution in [0.3, 0.4) is 0 Å². The minimum atomic E-state index is 0.118. The predicted molar refractivity (Wildman–Crippen MR) is 67.3 cm³/mol. The van der Waals surface area contributed by atoms with Crippen LogP contribution in [0.5, 0.6) is 0 Å². The Balaban J connectivity index is 2.39. The van der Waals surface area contributed by atoms with E-state index in [4.69, 9.17) is 0 Å². The lowest BCUT2D eigenvalue weighted by Gasteiger charge is -2.10. The van der Waals surface area contributed by atoms with E-state index in [1.807, 2.05) is 6.07 Å². The molecule has 0 atom stereocenters. The quantitative estimate of drug-likeness (QED) is 0.836. The summed E-state index contributed by atoms with van der Waals surface area (Å²) in [6, 6.07) is 10.4. The molecule has 2 rings (SSSR count). The molecule has 2 aromatic rings. The molecule has 0 bridgehead atoms. The number of hydrogen-bond acceptors (Lipinski definition) is 1. The second-order valence-corrected chi connectivity index (χ2v) is 4.69. The van der Waals surface area contributed by atoms with Crippen molar-refractivity contribution in [2.45, 2.75) is 33.4 Å². The van der Waals surface area contributed by atoms with E-state index in [2.05, 4.69) is 42.7 Å². The van der Waals surface area contributed by atoms with Crippen LogP contribution in [0.2, 0.25) is 0 Å². The third kappa shape index (κ3) is 2.12. The summed E-state index contributed by atoms with van der Waals surface area (Å²) in [5.74, 6) is 0.688. The van der Waals surface area contributed by atoms with E-state index in [0.29, 0.717) is 5.92 Å². The van der Waals surface area contributed by atoms with Gasteiger partial charge < -0.3 is 9.67 Å². The number of aliphatic hydroxyl groups excluding tert-OH is 1. The molecule has 1 N–H and O–H groups in total. The number of aliphatic hydroxyl groups is 1. The highest BCUT2D eigenvalue weighted by Gasteiger charge is 2.07. The van der Waals surface area contributed by atoms with Crippen molar-refractivity contribution in [2.24, 2.45) is 5.92 Å². The Kier molecular flexibility index (Phi) is 3.30. The molecule has 1 heterocycles. The van der Waals surface area contributed by atoms with Gasteiger partial charge in [-0.3, -0.25) is 0 Å². The monoisotopic (exact) mass is 217 g/mol. The summed E-state index contributed by atoms with van der Waals surface area (Å²) in [5, 5.41) is 10.6. The number of aryl methyl sites for hydroxylation is 1. The summed E-state index contributed by atoms with van der Waals surface area (Å²) < 4.78 is 2.23. The first-order valence-corrected chi connectivity index (χ1v) is 5.90. The Morgan fingerprint density at radius 2 is 2.00 bits per heavy atom. The Morgan fingerprint density at radius 3 is 2.69 bits per heavy atom. The third-order valence-electron chi connectivity index (χ3n) is 2.99. The van der Waals surface area contributed by atoms with Gasteiger partial charge in [0.2, 0.25) is 0 Å². The predicted octanol–water partition coefficient (Wildman–Crippen LogP) is 3.18. The van der Waals surface area contributed by atoms with Crippen molar-refractivity contribution in [1.29, 1.82) is 0 Å². The average molecular weight is 217 g/mol. The molecule has 2 nitrogen and oxygen atoms in total. The lowest BCUT2D eigenvalue weighted by molar-refractivity contribution is 0.270. The fourth-order valence-corrected chi connectivity index (χ4v) is 2.05. The van der Waals surface area contributed by atoms with E-state index in [9.17, 15) is 5.11 Å². The molecule has 0 spiro atoms. The Bertz CT molecular complexity index is 471. The molecule has 16 heavy (non-hydrogen) atoms. The molecule has 0 saturated heterocycles. The maximum atomic E-state index is 9.36. The van der Waals surface area contributed by atoms with Crippen LogP contribution in [-0.4, -0.2) is 9.67 Å². The molecule has 1 aromatic heterocycles. The molecule has 2 heteroatoms. The van der Waals surface area contributed by atoms with Gasteiger partial charge in [-0.15, -0.1) is 0 Å². The zero-order chi connectivity index (χ0) is 11.5. The van der Waals surface area contributed by atoms with Gasteiger partial charge in [-0.25, -0.2) is 0 Å². The second kappa shape index (κ2) is 4.71. The van der Waals surface area contributed by atoms with Gasteiger partial charge in [-0.2, -0.15) is 0 Å². The van der Waals surface area contributed by atoms with Gasteiger partial charge in [-0.1, -0.05) is 32.0 Å². The van der Waals surface area contributed by atoms with E-state index in [0.717, 1.165) is 18.7 Å². The van der Waals surface area contributed by atoms with Crippen LogP contribution in [0.15, 0.2) is 30.3 Å². The van der Waals surface area contributed by atoms with Crippen LogP contribution >= 0.6 is 0 Å².